The molecular formula is C46H54N4O10S4. The van der Waals surface area contributed by atoms with Crippen LogP contribution < -0.4 is 61.4 Å². The molecule has 4 aromatic rings. The highest BCUT2D eigenvalue weighted by atomic mass is 33.1. The number of rotatable bonds is 17. The molecule has 0 saturated heterocycles. The second kappa shape index (κ2) is 22.0. The van der Waals surface area contributed by atoms with E-state index < -0.39 is 36.0 Å². The minimum Gasteiger partial charge on any atom is -0.493 e. The Hall–Kier alpha value is -4.72. The molecule has 2 aliphatic rings. The van der Waals surface area contributed by atoms with Gasteiger partial charge in [-0.1, -0.05) is 33.7 Å². The van der Waals surface area contributed by atoms with Gasteiger partial charge in [-0.3, -0.25) is 19.2 Å². The summed E-state index contributed by atoms with van der Waals surface area (Å²) in [5, 5.41) is 6.24. The zero-order valence-electron chi connectivity index (χ0n) is 37.0. The van der Waals surface area contributed by atoms with Crippen molar-refractivity contribution in [3.8, 4) is 56.8 Å². The Bertz CT molecular complexity index is 2360. The first kappa shape index (κ1) is 48.7. The van der Waals surface area contributed by atoms with Crippen LogP contribution in [0.25, 0.3) is 22.3 Å². The van der Waals surface area contributed by atoms with Gasteiger partial charge in [0.1, 0.15) is 0 Å². The lowest BCUT2D eigenvalue weighted by Crippen LogP contribution is -2.44. The Morgan fingerprint density at radius 2 is 0.969 bits per heavy atom. The van der Waals surface area contributed by atoms with Crippen molar-refractivity contribution in [1.29, 1.82) is 0 Å². The Morgan fingerprint density at radius 3 is 1.30 bits per heavy atom. The van der Waals surface area contributed by atoms with E-state index in [2.05, 4.69) is 10.6 Å². The first-order chi connectivity index (χ1) is 30.9. The number of ether oxygens (including phenoxy) is 6. The first-order valence-corrected chi connectivity index (χ1v) is 25.3. The van der Waals surface area contributed by atoms with Crippen LogP contribution in [0.15, 0.2) is 67.9 Å². The van der Waals surface area contributed by atoms with Gasteiger partial charge in [-0.25, -0.2) is 0 Å². The molecule has 0 aliphatic heterocycles. The summed E-state index contributed by atoms with van der Waals surface area (Å²) in [5.74, 6) is 2.46. The van der Waals surface area contributed by atoms with E-state index in [0.717, 1.165) is 33.4 Å². The third-order valence-electron chi connectivity index (χ3n) is 11.3. The molecule has 342 valence electrons. The van der Waals surface area contributed by atoms with Crippen LogP contribution in [-0.4, -0.2) is 90.6 Å². The number of aryl methyl sites for hydroxylation is 2. The van der Waals surface area contributed by atoms with Gasteiger partial charge >= 0.3 is 0 Å². The van der Waals surface area contributed by atoms with Crippen molar-refractivity contribution in [1.82, 2.24) is 10.6 Å². The molecule has 6 rings (SSSR count). The van der Waals surface area contributed by atoms with Gasteiger partial charge in [-0.15, -0.1) is 23.5 Å². The molecule has 0 saturated carbocycles. The van der Waals surface area contributed by atoms with Gasteiger partial charge in [0.05, 0.1) is 76.6 Å². The molecule has 0 radical (unpaired) electrons. The lowest BCUT2D eigenvalue weighted by molar-refractivity contribution is -0.123. The molecular weight excluding hydrogens is 897 g/mol. The minimum atomic E-state index is -0.913. The highest BCUT2D eigenvalue weighted by Gasteiger charge is 2.33. The second-order valence-corrected chi connectivity index (χ2v) is 19.1. The zero-order chi connectivity index (χ0) is 46.2. The number of nitrogens with two attached hydrogens (primary N) is 2. The number of benzene rings is 2. The normalized spacial score (nSPS) is 15.9. The van der Waals surface area contributed by atoms with E-state index >= 15 is 0 Å². The lowest BCUT2D eigenvalue weighted by Gasteiger charge is -2.22. The van der Waals surface area contributed by atoms with Crippen LogP contribution in [0.2, 0.25) is 0 Å². The molecule has 4 atom stereocenters. The lowest BCUT2D eigenvalue weighted by atomic mass is 9.95. The summed E-state index contributed by atoms with van der Waals surface area (Å²) < 4.78 is 34.5. The summed E-state index contributed by atoms with van der Waals surface area (Å²) in [7, 11) is 12.0. The number of amides is 2. The molecule has 0 fully saturated rings. The van der Waals surface area contributed by atoms with Crippen molar-refractivity contribution in [2.24, 2.45) is 11.5 Å². The Labute approximate surface area is 389 Å². The van der Waals surface area contributed by atoms with E-state index in [4.69, 9.17) is 39.9 Å². The van der Waals surface area contributed by atoms with Crippen molar-refractivity contribution in [2.45, 2.75) is 59.6 Å². The van der Waals surface area contributed by atoms with E-state index in [-0.39, 0.29) is 22.4 Å². The standard InChI is InChI=1S/C46H54N4O10S4/c1-55-35-17-23-9-13-31(27-19-33(51)37(61-7)15-11-25(27)39(23)43(59-5)41(35)57-3)49-45(53)29(47)21-63-64-22-30(48)46(54)50-32-14-10-24-18-36(56-2)42(58-4)44(60-6)40(24)26-12-16-38(62-8)34(52)20-28(26)32/h11-12,15-20,29-32H,9-10,13-14,21-22,47-48H2,1-8H3,(H,49,53)(H,50,54)/t29?,30?,31-,32-/m0/s1. The topological polar surface area (TPSA) is 200 Å². The van der Waals surface area contributed by atoms with Gasteiger partial charge in [-0.2, -0.15) is 0 Å². The molecule has 0 aromatic heterocycles. The number of hydrogen-bond acceptors (Lipinski definition) is 16. The van der Waals surface area contributed by atoms with Crippen LogP contribution in [0.1, 0.15) is 47.2 Å². The SMILES string of the molecule is COc1cc2c(c(OC)c1OC)-c1ccc(SC)c(=O)cc1[C@@H](NC(=O)C(N)CSSCC(N)C(=O)N[C@H]1CCc3cc(OC)c(OC)c(OC)c3-c3ccc(SC)c(=O)cc31)CC2. The summed E-state index contributed by atoms with van der Waals surface area (Å²) in [4.78, 5) is 55.4. The van der Waals surface area contributed by atoms with Crippen molar-refractivity contribution in [2.75, 3.05) is 66.7 Å². The van der Waals surface area contributed by atoms with Crippen molar-refractivity contribution >= 4 is 56.9 Å². The molecule has 2 unspecified atom stereocenters. The third kappa shape index (κ3) is 10.1. The number of hydrogen-bond donors (Lipinski definition) is 4. The van der Waals surface area contributed by atoms with Crippen molar-refractivity contribution in [3.63, 3.8) is 0 Å². The van der Waals surface area contributed by atoms with Crippen LogP contribution in [0.3, 0.4) is 0 Å². The average Bonchev–Trinajstić information content (AvgIpc) is 3.70. The molecule has 4 aromatic carbocycles. The predicted octanol–water partition coefficient (Wildman–Crippen LogP) is 6.18. The molecule has 2 amide bonds. The number of carbonyl (C=O) groups excluding carboxylic acids is 2. The van der Waals surface area contributed by atoms with Gasteiger partial charge < -0.3 is 50.5 Å². The maximum atomic E-state index is 13.7. The predicted molar refractivity (Wildman–Crippen MR) is 258 cm³/mol. The number of methoxy groups -OCH3 is 6. The van der Waals surface area contributed by atoms with Crippen LogP contribution in [0.4, 0.5) is 0 Å². The summed E-state index contributed by atoms with van der Waals surface area (Å²) in [6, 6.07) is 11.4. The fourth-order valence-electron chi connectivity index (χ4n) is 8.19. The smallest absolute Gasteiger partial charge is 0.238 e. The molecule has 0 spiro atoms. The number of thioether (sulfide) groups is 2. The van der Waals surface area contributed by atoms with Crippen LogP contribution in [0.5, 0.6) is 34.5 Å². The maximum absolute atomic E-state index is 13.7. The quantitative estimate of drug-likeness (QED) is 0.0531. The third-order valence-corrected chi connectivity index (χ3v) is 15.4. The largest absolute Gasteiger partial charge is 0.493 e. The van der Waals surface area contributed by atoms with Gasteiger partial charge in [0.2, 0.25) is 23.3 Å². The fraction of sp³-hybridized carbons (Fsp3) is 0.391. The molecule has 14 nitrogen and oxygen atoms in total. The van der Waals surface area contributed by atoms with Crippen molar-refractivity contribution < 1.29 is 38.0 Å². The summed E-state index contributed by atoms with van der Waals surface area (Å²) in [6.45, 7) is 0. The summed E-state index contributed by atoms with van der Waals surface area (Å²) >= 11 is 2.69. The highest BCUT2D eigenvalue weighted by molar-refractivity contribution is 8.76. The molecule has 2 aliphatic carbocycles. The molecule has 18 heteroatoms. The monoisotopic (exact) mass is 950 g/mol. The van der Waals surface area contributed by atoms with E-state index in [1.165, 1.54) is 59.3 Å². The first-order valence-electron chi connectivity index (χ1n) is 20.3. The van der Waals surface area contributed by atoms with E-state index in [1.807, 2.05) is 36.8 Å². The van der Waals surface area contributed by atoms with Gasteiger partial charge in [0.25, 0.3) is 0 Å². The van der Waals surface area contributed by atoms with Gasteiger partial charge in [-0.05, 0) is 108 Å². The second-order valence-electron chi connectivity index (χ2n) is 14.9. The fourth-order valence-corrected chi connectivity index (χ4v) is 11.4. The Kier molecular flexibility index (Phi) is 16.7. The number of fused-ring (bicyclic) bond motifs is 6. The Morgan fingerprint density at radius 1 is 0.594 bits per heavy atom. The molecule has 6 N–H and O–H groups in total. The maximum Gasteiger partial charge on any atom is 0.238 e. The molecule has 64 heavy (non-hydrogen) atoms. The molecule has 0 bridgehead atoms. The summed E-state index contributed by atoms with van der Waals surface area (Å²) in [6.07, 6.45) is 5.69. The van der Waals surface area contributed by atoms with E-state index in [0.29, 0.717) is 81.1 Å². The van der Waals surface area contributed by atoms with E-state index in [9.17, 15) is 19.2 Å². The van der Waals surface area contributed by atoms with Gasteiger partial charge in [0.15, 0.2) is 33.9 Å². The van der Waals surface area contributed by atoms with E-state index in [1.54, 1.807) is 52.7 Å². The van der Waals surface area contributed by atoms with Crippen LogP contribution in [-0.2, 0) is 22.4 Å². The highest BCUT2D eigenvalue weighted by Crippen LogP contribution is 2.52. The Balaban J connectivity index is 1.14. The molecule has 0 heterocycles. The van der Waals surface area contributed by atoms with Crippen molar-refractivity contribution in [3.05, 3.63) is 91.2 Å². The van der Waals surface area contributed by atoms with Crippen LogP contribution in [0, 0.1) is 0 Å². The zero-order valence-corrected chi connectivity index (χ0v) is 40.3. The minimum absolute atomic E-state index is 0.170. The van der Waals surface area contributed by atoms with Gasteiger partial charge in [0, 0.05) is 22.6 Å². The number of carbonyl (C=O) groups is 2. The van der Waals surface area contributed by atoms with Crippen LogP contribution >= 0.6 is 45.1 Å². The number of nitrogens with one attached hydrogen (secondary N) is 2. The summed E-state index contributed by atoms with van der Waals surface area (Å²) in [5.41, 5.74) is 18.7. The average molecular weight is 951 g/mol.